The molecule has 0 aromatic heterocycles. The number of carbonyl (C=O) groups excluding carboxylic acids is 1. The molecule has 0 heterocycles. The number of hydrogen-bond acceptors (Lipinski definition) is 5. The topological polar surface area (TPSA) is 87.0 Å². The Balaban J connectivity index is 2.05. The molecule has 26 heavy (non-hydrogen) atoms. The van der Waals surface area contributed by atoms with Gasteiger partial charge in [0.2, 0.25) is 0 Å². The van der Waals surface area contributed by atoms with Gasteiger partial charge < -0.3 is 20.1 Å². The highest BCUT2D eigenvalue weighted by atomic mass is 16.5. The van der Waals surface area contributed by atoms with E-state index in [0.717, 1.165) is 19.3 Å². The predicted molar refractivity (Wildman–Crippen MR) is 98.2 cm³/mol. The van der Waals surface area contributed by atoms with Gasteiger partial charge in [-0.25, -0.2) is 4.79 Å². The molecule has 6 unspecified atom stereocenters. The van der Waals surface area contributed by atoms with Crippen molar-refractivity contribution in [2.45, 2.75) is 71.5 Å². The summed E-state index contributed by atoms with van der Waals surface area (Å²) in [6.07, 6.45) is 4.93. The second-order valence-electron chi connectivity index (χ2n) is 9.59. The number of aliphatic hydroxyl groups excluding tert-OH is 3. The molecule has 2 saturated carbocycles. The standard InChI is InChI=1S/C21H34O5/c1-19(2)14-7-10-21(12-22)15(20(14,3)9-8-16(19)23)6-5-13(11-17(21)24)18(25)26-4/h5,14-17,22-24H,6-12H2,1-4H3. The Morgan fingerprint density at radius 2 is 1.85 bits per heavy atom. The summed E-state index contributed by atoms with van der Waals surface area (Å²) in [5.74, 6) is 0.00303. The van der Waals surface area contributed by atoms with Crippen molar-refractivity contribution in [3.05, 3.63) is 11.6 Å². The van der Waals surface area contributed by atoms with E-state index in [2.05, 4.69) is 20.8 Å². The summed E-state index contributed by atoms with van der Waals surface area (Å²) in [6.45, 7) is 6.48. The summed E-state index contributed by atoms with van der Waals surface area (Å²) in [5.41, 5.74) is -0.374. The maximum absolute atomic E-state index is 12.1. The van der Waals surface area contributed by atoms with E-state index in [-0.39, 0.29) is 35.9 Å². The predicted octanol–water partition coefficient (Wildman–Crippen LogP) is 2.43. The van der Waals surface area contributed by atoms with Crippen LogP contribution in [0.2, 0.25) is 0 Å². The van der Waals surface area contributed by atoms with Gasteiger partial charge >= 0.3 is 5.97 Å². The van der Waals surface area contributed by atoms with E-state index in [1.807, 2.05) is 6.08 Å². The first-order chi connectivity index (χ1) is 12.1. The molecule has 0 aromatic rings. The number of fused-ring (bicyclic) bond motifs is 3. The van der Waals surface area contributed by atoms with E-state index in [0.29, 0.717) is 24.3 Å². The first kappa shape index (κ1) is 19.8. The number of methoxy groups -OCH3 is 1. The van der Waals surface area contributed by atoms with Crippen LogP contribution in [0.3, 0.4) is 0 Å². The van der Waals surface area contributed by atoms with Gasteiger partial charge in [-0.3, -0.25) is 0 Å². The molecule has 3 aliphatic rings. The fourth-order valence-corrected chi connectivity index (χ4v) is 6.69. The van der Waals surface area contributed by atoms with Crippen LogP contribution in [0.15, 0.2) is 11.6 Å². The highest BCUT2D eigenvalue weighted by Crippen LogP contribution is 2.66. The van der Waals surface area contributed by atoms with Crippen LogP contribution in [-0.2, 0) is 9.53 Å². The Labute approximate surface area is 156 Å². The lowest BCUT2D eigenvalue weighted by Gasteiger charge is -2.64. The Morgan fingerprint density at radius 3 is 2.46 bits per heavy atom. The van der Waals surface area contributed by atoms with Crippen molar-refractivity contribution in [3.8, 4) is 0 Å². The van der Waals surface area contributed by atoms with Crippen LogP contribution in [0.25, 0.3) is 0 Å². The zero-order valence-corrected chi connectivity index (χ0v) is 16.5. The third-order valence-corrected chi connectivity index (χ3v) is 8.32. The molecule has 0 aromatic carbocycles. The van der Waals surface area contributed by atoms with Crippen LogP contribution in [0.4, 0.5) is 0 Å². The summed E-state index contributed by atoms with van der Waals surface area (Å²) >= 11 is 0. The molecule has 3 rings (SSSR count). The van der Waals surface area contributed by atoms with E-state index in [4.69, 9.17) is 4.74 Å². The summed E-state index contributed by atoms with van der Waals surface area (Å²) in [7, 11) is 1.36. The van der Waals surface area contributed by atoms with Crippen molar-refractivity contribution in [2.24, 2.45) is 28.1 Å². The molecule has 148 valence electrons. The summed E-state index contributed by atoms with van der Waals surface area (Å²) in [6, 6.07) is 0. The highest BCUT2D eigenvalue weighted by molar-refractivity contribution is 5.88. The van der Waals surface area contributed by atoms with E-state index >= 15 is 0 Å². The lowest BCUT2D eigenvalue weighted by molar-refractivity contribution is -0.204. The molecule has 2 fully saturated rings. The third kappa shape index (κ3) is 2.66. The number of ether oxygens (including phenoxy) is 1. The van der Waals surface area contributed by atoms with Crippen molar-refractivity contribution in [3.63, 3.8) is 0 Å². The molecule has 3 N–H and O–H groups in total. The van der Waals surface area contributed by atoms with Crippen LogP contribution in [0, 0.1) is 28.1 Å². The molecule has 0 radical (unpaired) electrons. The molecule has 0 spiro atoms. The lowest BCUT2D eigenvalue weighted by atomic mass is 9.41. The van der Waals surface area contributed by atoms with Crippen molar-refractivity contribution >= 4 is 5.97 Å². The maximum atomic E-state index is 12.1. The van der Waals surface area contributed by atoms with Gasteiger partial charge in [-0.2, -0.15) is 0 Å². The van der Waals surface area contributed by atoms with Crippen LogP contribution in [0.5, 0.6) is 0 Å². The number of esters is 1. The molecule has 0 bridgehead atoms. The average molecular weight is 366 g/mol. The second kappa shape index (κ2) is 6.61. The van der Waals surface area contributed by atoms with Crippen molar-refractivity contribution in [1.29, 1.82) is 0 Å². The van der Waals surface area contributed by atoms with Gasteiger partial charge in [0.05, 0.1) is 25.9 Å². The Hall–Kier alpha value is -0.910. The molecular formula is C21H34O5. The van der Waals surface area contributed by atoms with Gasteiger partial charge in [-0.15, -0.1) is 0 Å². The first-order valence-corrected chi connectivity index (χ1v) is 9.88. The van der Waals surface area contributed by atoms with Gasteiger partial charge in [0.1, 0.15) is 0 Å². The zero-order chi connectivity index (χ0) is 19.3. The molecule has 6 atom stereocenters. The average Bonchev–Trinajstić information content (AvgIpc) is 2.76. The third-order valence-electron chi connectivity index (χ3n) is 8.32. The number of carbonyl (C=O) groups is 1. The quantitative estimate of drug-likeness (QED) is 0.654. The van der Waals surface area contributed by atoms with E-state index < -0.39 is 17.5 Å². The zero-order valence-electron chi connectivity index (χ0n) is 16.5. The first-order valence-electron chi connectivity index (χ1n) is 9.88. The summed E-state index contributed by atoms with van der Waals surface area (Å²) in [4.78, 5) is 12.1. The summed E-state index contributed by atoms with van der Waals surface area (Å²) in [5, 5.41) is 32.1. The fraction of sp³-hybridized carbons (Fsp3) is 0.857. The van der Waals surface area contributed by atoms with Crippen LogP contribution < -0.4 is 0 Å². The van der Waals surface area contributed by atoms with E-state index in [1.165, 1.54) is 7.11 Å². The van der Waals surface area contributed by atoms with Crippen LogP contribution in [-0.4, -0.2) is 47.2 Å². The van der Waals surface area contributed by atoms with Gasteiger partial charge in [0, 0.05) is 17.4 Å². The van der Waals surface area contributed by atoms with Crippen molar-refractivity contribution in [1.82, 2.24) is 0 Å². The molecule has 3 aliphatic carbocycles. The number of allylic oxidation sites excluding steroid dienone is 1. The molecular weight excluding hydrogens is 332 g/mol. The fourth-order valence-electron chi connectivity index (χ4n) is 6.69. The minimum absolute atomic E-state index is 0.0719. The molecule has 5 heteroatoms. The van der Waals surface area contributed by atoms with Gasteiger partial charge in [0.25, 0.3) is 0 Å². The highest BCUT2D eigenvalue weighted by Gasteiger charge is 2.63. The summed E-state index contributed by atoms with van der Waals surface area (Å²) < 4.78 is 4.88. The minimum atomic E-state index is -0.766. The van der Waals surface area contributed by atoms with Gasteiger partial charge in [-0.05, 0) is 54.8 Å². The number of aliphatic hydroxyl groups is 3. The van der Waals surface area contributed by atoms with Crippen LogP contribution >= 0.6 is 0 Å². The van der Waals surface area contributed by atoms with Crippen LogP contribution in [0.1, 0.15) is 59.3 Å². The smallest absolute Gasteiger partial charge is 0.333 e. The molecule has 0 aliphatic heterocycles. The Kier molecular flexibility index (Phi) is 5.04. The number of rotatable bonds is 2. The Bertz CT molecular complexity index is 597. The molecule has 5 nitrogen and oxygen atoms in total. The Morgan fingerprint density at radius 1 is 1.15 bits per heavy atom. The maximum Gasteiger partial charge on any atom is 0.333 e. The lowest BCUT2D eigenvalue weighted by Crippen LogP contribution is -2.62. The minimum Gasteiger partial charge on any atom is -0.466 e. The largest absolute Gasteiger partial charge is 0.466 e. The van der Waals surface area contributed by atoms with Gasteiger partial charge in [-0.1, -0.05) is 26.8 Å². The van der Waals surface area contributed by atoms with Crippen molar-refractivity contribution in [2.75, 3.05) is 13.7 Å². The van der Waals surface area contributed by atoms with E-state index in [9.17, 15) is 20.1 Å². The SMILES string of the molecule is COC(=O)C1=CCC2C3(C)CCC(O)C(C)(C)C3CCC2(CO)C(O)C1. The van der Waals surface area contributed by atoms with Crippen molar-refractivity contribution < 1.29 is 24.9 Å². The monoisotopic (exact) mass is 366 g/mol. The number of hydrogen-bond donors (Lipinski definition) is 3. The normalized spacial score (nSPS) is 45.0. The molecule has 0 amide bonds. The molecule has 0 saturated heterocycles. The second-order valence-corrected chi connectivity index (χ2v) is 9.59. The van der Waals surface area contributed by atoms with E-state index in [1.54, 1.807) is 0 Å². The van der Waals surface area contributed by atoms with Gasteiger partial charge in [0.15, 0.2) is 0 Å².